The van der Waals surface area contributed by atoms with Crippen molar-refractivity contribution in [2.45, 2.75) is 13.3 Å². The van der Waals surface area contributed by atoms with Gasteiger partial charge in [-0.3, -0.25) is 19.3 Å². The second kappa shape index (κ2) is 5.94. The molecule has 0 spiro atoms. The van der Waals surface area contributed by atoms with Crippen molar-refractivity contribution in [3.05, 3.63) is 36.4 Å². The largest absolute Gasteiger partial charge is 0.494 e. The third-order valence-electron chi connectivity index (χ3n) is 6.50. The van der Waals surface area contributed by atoms with E-state index in [4.69, 9.17) is 4.74 Å². The number of amides is 3. The molecule has 1 heterocycles. The molecule has 6 heteroatoms. The smallest absolute Gasteiger partial charge is 0.244 e. The summed E-state index contributed by atoms with van der Waals surface area (Å²) in [7, 11) is 0. The van der Waals surface area contributed by atoms with Gasteiger partial charge in [-0.1, -0.05) is 12.2 Å². The first-order chi connectivity index (χ1) is 13.1. The van der Waals surface area contributed by atoms with Crippen molar-refractivity contribution in [1.29, 1.82) is 0 Å². The number of anilines is 1. The standard InChI is InChI=1S/C21H22N2O4/c1-2-27-12-5-3-11(4-6-12)22-17(24)10-23-20(25)18-13-7-8-14(16-9-15(13)16)19(18)21(23)26/h3-8,13-16,18-19H,2,9-10H2,1H3,(H,22,24)/t13-,14-,15-,16+,18-,19+/m0/s1. The molecule has 27 heavy (non-hydrogen) atoms. The second-order valence-electron chi connectivity index (χ2n) is 7.92. The van der Waals surface area contributed by atoms with Gasteiger partial charge in [-0.25, -0.2) is 0 Å². The Morgan fingerprint density at radius 1 is 1.07 bits per heavy atom. The van der Waals surface area contributed by atoms with E-state index in [1.54, 1.807) is 24.3 Å². The fourth-order valence-corrected chi connectivity index (χ4v) is 5.32. The summed E-state index contributed by atoms with van der Waals surface area (Å²) >= 11 is 0. The maximum absolute atomic E-state index is 12.9. The van der Waals surface area contributed by atoms with Gasteiger partial charge in [0.15, 0.2) is 0 Å². The van der Waals surface area contributed by atoms with Crippen LogP contribution in [-0.4, -0.2) is 35.8 Å². The van der Waals surface area contributed by atoms with Gasteiger partial charge in [-0.15, -0.1) is 0 Å². The summed E-state index contributed by atoms with van der Waals surface area (Å²) < 4.78 is 5.38. The normalized spacial score (nSPS) is 35.1. The van der Waals surface area contributed by atoms with Gasteiger partial charge in [0.1, 0.15) is 12.3 Å². The summed E-state index contributed by atoms with van der Waals surface area (Å²) in [5.41, 5.74) is 0.614. The Balaban J connectivity index is 1.27. The first-order valence-electron chi connectivity index (χ1n) is 9.64. The van der Waals surface area contributed by atoms with E-state index < -0.39 is 0 Å². The molecule has 2 bridgehead atoms. The molecule has 1 saturated heterocycles. The van der Waals surface area contributed by atoms with Crippen LogP contribution in [0.1, 0.15) is 13.3 Å². The lowest BCUT2D eigenvalue weighted by molar-refractivity contribution is -0.142. The maximum Gasteiger partial charge on any atom is 0.244 e. The van der Waals surface area contributed by atoms with E-state index in [-0.39, 0.29) is 47.9 Å². The van der Waals surface area contributed by atoms with E-state index in [1.165, 1.54) is 4.90 Å². The Labute approximate surface area is 157 Å². The molecule has 5 aliphatic rings. The predicted octanol–water partition coefficient (Wildman–Crippen LogP) is 2.08. The van der Waals surface area contributed by atoms with Crippen molar-refractivity contribution in [3.8, 4) is 5.75 Å². The van der Waals surface area contributed by atoms with E-state index in [0.717, 1.165) is 12.2 Å². The van der Waals surface area contributed by atoms with Gasteiger partial charge in [-0.05, 0) is 61.3 Å². The minimum atomic E-state index is -0.357. The zero-order chi connectivity index (χ0) is 18.7. The number of rotatable bonds is 5. The highest BCUT2D eigenvalue weighted by atomic mass is 16.5. The molecule has 6 atom stereocenters. The quantitative estimate of drug-likeness (QED) is 0.639. The van der Waals surface area contributed by atoms with Gasteiger partial charge in [0.05, 0.1) is 18.4 Å². The number of likely N-dealkylation sites (tertiary alicyclic amines) is 1. The van der Waals surface area contributed by atoms with Crippen LogP contribution in [0, 0.1) is 35.5 Å². The third-order valence-corrected chi connectivity index (χ3v) is 6.50. The number of allylic oxidation sites excluding steroid dienone is 2. The zero-order valence-electron chi connectivity index (χ0n) is 15.1. The van der Waals surface area contributed by atoms with Crippen molar-refractivity contribution < 1.29 is 19.1 Å². The molecule has 0 aromatic heterocycles. The van der Waals surface area contributed by atoms with Gasteiger partial charge in [-0.2, -0.15) is 0 Å². The number of nitrogens with zero attached hydrogens (tertiary/aromatic N) is 1. The van der Waals surface area contributed by atoms with E-state index in [1.807, 2.05) is 6.92 Å². The van der Waals surface area contributed by atoms with Crippen LogP contribution in [0.3, 0.4) is 0 Å². The minimum Gasteiger partial charge on any atom is -0.494 e. The number of imide groups is 1. The summed E-state index contributed by atoms with van der Waals surface area (Å²) in [5.74, 6) is 1.01. The van der Waals surface area contributed by atoms with Crippen LogP contribution in [0.4, 0.5) is 5.69 Å². The number of ether oxygens (including phenoxy) is 1. The summed E-state index contributed by atoms with van der Waals surface area (Å²) in [6.45, 7) is 2.26. The van der Waals surface area contributed by atoms with Crippen LogP contribution in [0.2, 0.25) is 0 Å². The van der Waals surface area contributed by atoms with Gasteiger partial charge >= 0.3 is 0 Å². The fourth-order valence-electron chi connectivity index (χ4n) is 5.32. The number of carbonyl (C=O) groups is 3. The molecular formula is C21H22N2O4. The highest BCUT2D eigenvalue weighted by Crippen LogP contribution is 2.65. The first kappa shape index (κ1) is 16.5. The highest BCUT2D eigenvalue weighted by Gasteiger charge is 2.67. The van der Waals surface area contributed by atoms with Crippen LogP contribution in [0.25, 0.3) is 0 Å². The molecule has 1 N–H and O–H groups in total. The number of hydrogen-bond acceptors (Lipinski definition) is 4. The van der Waals surface area contributed by atoms with Crippen LogP contribution < -0.4 is 10.1 Å². The molecule has 1 aromatic carbocycles. The summed E-state index contributed by atoms with van der Waals surface area (Å²) in [6, 6.07) is 7.03. The molecule has 0 radical (unpaired) electrons. The van der Waals surface area contributed by atoms with Crippen LogP contribution in [0.15, 0.2) is 36.4 Å². The zero-order valence-corrected chi connectivity index (χ0v) is 15.1. The lowest BCUT2D eigenvalue weighted by Gasteiger charge is -2.37. The minimum absolute atomic E-state index is 0.170. The SMILES string of the molecule is CCOc1ccc(NC(=O)CN2C(=O)[C@@H]3[C@H]4C=C[C@@H]([C@@H]5C[C@H]45)[C@@H]3C2=O)cc1. The Morgan fingerprint density at radius 3 is 2.22 bits per heavy atom. The Bertz CT molecular complexity index is 810. The fraction of sp³-hybridized carbons (Fsp3) is 0.476. The van der Waals surface area contributed by atoms with Crippen LogP contribution in [0.5, 0.6) is 5.75 Å². The Hall–Kier alpha value is -2.63. The highest BCUT2D eigenvalue weighted by molar-refractivity contribution is 6.09. The molecule has 3 amide bonds. The van der Waals surface area contributed by atoms with Crippen molar-refractivity contribution >= 4 is 23.4 Å². The topological polar surface area (TPSA) is 75.7 Å². The Morgan fingerprint density at radius 2 is 1.67 bits per heavy atom. The number of benzene rings is 1. The average Bonchev–Trinajstić information content (AvgIpc) is 3.45. The van der Waals surface area contributed by atoms with E-state index in [0.29, 0.717) is 24.1 Å². The van der Waals surface area contributed by atoms with Crippen molar-refractivity contribution in [2.24, 2.45) is 35.5 Å². The molecule has 1 aromatic rings. The lowest BCUT2D eigenvalue weighted by Crippen LogP contribution is -2.40. The van der Waals surface area contributed by atoms with Crippen LogP contribution >= 0.6 is 0 Å². The number of nitrogens with one attached hydrogen (secondary N) is 1. The van der Waals surface area contributed by atoms with Crippen molar-refractivity contribution in [1.82, 2.24) is 4.90 Å². The van der Waals surface area contributed by atoms with Gasteiger partial charge < -0.3 is 10.1 Å². The van der Waals surface area contributed by atoms with Gasteiger partial charge in [0.25, 0.3) is 0 Å². The van der Waals surface area contributed by atoms with E-state index >= 15 is 0 Å². The average molecular weight is 366 g/mol. The molecule has 6 nitrogen and oxygen atoms in total. The van der Waals surface area contributed by atoms with Crippen LogP contribution in [-0.2, 0) is 14.4 Å². The monoisotopic (exact) mass is 366 g/mol. The number of carbonyl (C=O) groups excluding carboxylic acids is 3. The molecule has 3 fully saturated rings. The van der Waals surface area contributed by atoms with E-state index in [9.17, 15) is 14.4 Å². The molecule has 6 rings (SSSR count). The van der Waals surface area contributed by atoms with Gasteiger partial charge in [0.2, 0.25) is 17.7 Å². The third kappa shape index (κ3) is 2.50. The van der Waals surface area contributed by atoms with E-state index in [2.05, 4.69) is 17.5 Å². The summed E-state index contributed by atoms with van der Waals surface area (Å²) in [5, 5.41) is 2.76. The molecule has 2 saturated carbocycles. The predicted molar refractivity (Wildman–Crippen MR) is 97.7 cm³/mol. The van der Waals surface area contributed by atoms with Crippen molar-refractivity contribution in [3.63, 3.8) is 0 Å². The second-order valence-corrected chi connectivity index (χ2v) is 7.92. The lowest BCUT2D eigenvalue weighted by atomic mass is 9.63. The molecule has 0 unspecified atom stereocenters. The molecule has 4 aliphatic carbocycles. The number of hydrogen-bond donors (Lipinski definition) is 1. The molecular weight excluding hydrogens is 344 g/mol. The summed E-state index contributed by atoms with van der Waals surface area (Å²) in [6.07, 6.45) is 5.40. The Kier molecular flexibility index (Phi) is 3.64. The maximum atomic E-state index is 12.9. The van der Waals surface area contributed by atoms with Gasteiger partial charge in [0, 0.05) is 5.69 Å². The first-order valence-corrected chi connectivity index (χ1v) is 9.64. The van der Waals surface area contributed by atoms with Crippen molar-refractivity contribution in [2.75, 3.05) is 18.5 Å². The summed E-state index contributed by atoms with van der Waals surface area (Å²) in [4.78, 5) is 39.4. The molecule has 1 aliphatic heterocycles. The molecule has 140 valence electrons.